The third kappa shape index (κ3) is 4.66. The van der Waals surface area contributed by atoms with Crippen LogP contribution in [0.25, 0.3) is 0 Å². The average Bonchev–Trinajstić information content (AvgIpc) is 3.46. The van der Waals surface area contributed by atoms with Crippen LogP contribution < -0.4 is 15.1 Å². The molecule has 1 aromatic carbocycles. The van der Waals surface area contributed by atoms with E-state index in [1.54, 1.807) is 17.0 Å². The van der Waals surface area contributed by atoms with Crippen LogP contribution in [0, 0.1) is 12.8 Å². The smallest absolute Gasteiger partial charge is 0.326 e. The van der Waals surface area contributed by atoms with Crippen molar-refractivity contribution in [3.05, 3.63) is 40.4 Å². The van der Waals surface area contributed by atoms with E-state index in [0.717, 1.165) is 60.3 Å². The SMILES string of the molecule is Cc1csc(N2CCCN(CC3CCN(c4ccc5c(c4)C(=O)N(C4CCC(=O)NC4=O)C5=O)CC3)C2=O)n1. The fourth-order valence-electron chi connectivity index (χ4n) is 5.94. The molecule has 1 N–H and O–H groups in total. The lowest BCUT2D eigenvalue weighted by atomic mass is 9.95. The molecule has 11 nitrogen and oxygen atoms in total. The lowest BCUT2D eigenvalue weighted by Crippen LogP contribution is -2.54. The summed E-state index contributed by atoms with van der Waals surface area (Å²) < 4.78 is 0. The molecule has 0 bridgehead atoms. The van der Waals surface area contributed by atoms with Crippen molar-refractivity contribution in [1.82, 2.24) is 20.1 Å². The molecule has 4 aliphatic heterocycles. The summed E-state index contributed by atoms with van der Waals surface area (Å²) in [4.78, 5) is 74.6. The van der Waals surface area contributed by atoms with E-state index in [0.29, 0.717) is 24.6 Å². The molecule has 3 fully saturated rings. The summed E-state index contributed by atoms with van der Waals surface area (Å²) in [5, 5.41) is 4.95. The highest BCUT2D eigenvalue weighted by atomic mass is 32.1. The first-order valence-electron chi connectivity index (χ1n) is 13.4. The summed E-state index contributed by atoms with van der Waals surface area (Å²) in [5.74, 6) is -1.62. The number of aromatic nitrogens is 1. The molecule has 0 aliphatic carbocycles. The van der Waals surface area contributed by atoms with E-state index in [-0.39, 0.29) is 24.4 Å². The first kappa shape index (κ1) is 25.5. The molecule has 0 spiro atoms. The van der Waals surface area contributed by atoms with Crippen molar-refractivity contribution in [1.29, 1.82) is 0 Å². The predicted molar refractivity (Wildman–Crippen MR) is 144 cm³/mol. The van der Waals surface area contributed by atoms with Gasteiger partial charge in [0.15, 0.2) is 5.13 Å². The van der Waals surface area contributed by atoms with Gasteiger partial charge in [-0.15, -0.1) is 11.3 Å². The molecule has 0 radical (unpaired) electrons. The number of nitrogens with one attached hydrogen (secondary N) is 1. The quantitative estimate of drug-likeness (QED) is 0.567. The molecule has 1 atom stereocenters. The Labute approximate surface area is 229 Å². The number of benzene rings is 1. The maximum absolute atomic E-state index is 13.2. The van der Waals surface area contributed by atoms with Gasteiger partial charge in [0.25, 0.3) is 11.8 Å². The zero-order chi connectivity index (χ0) is 27.3. The number of carbonyl (C=O) groups excluding carboxylic acids is 5. The van der Waals surface area contributed by atoms with Crippen LogP contribution >= 0.6 is 11.3 Å². The van der Waals surface area contributed by atoms with Crippen LogP contribution in [0.1, 0.15) is 58.5 Å². The Bertz CT molecular complexity index is 1370. The molecule has 2 aromatic rings. The third-order valence-electron chi connectivity index (χ3n) is 8.03. The number of anilines is 2. The number of piperidine rings is 2. The Morgan fingerprint density at radius 2 is 1.74 bits per heavy atom. The Morgan fingerprint density at radius 1 is 0.974 bits per heavy atom. The third-order valence-corrected chi connectivity index (χ3v) is 9.01. The monoisotopic (exact) mass is 550 g/mol. The van der Waals surface area contributed by atoms with Gasteiger partial charge in [0, 0.05) is 50.2 Å². The van der Waals surface area contributed by atoms with Crippen molar-refractivity contribution >= 4 is 51.8 Å². The second-order valence-electron chi connectivity index (χ2n) is 10.6. The van der Waals surface area contributed by atoms with Gasteiger partial charge in [0.1, 0.15) is 6.04 Å². The number of rotatable bonds is 5. The van der Waals surface area contributed by atoms with Crippen LogP contribution in [-0.2, 0) is 9.59 Å². The molecule has 6 rings (SSSR count). The summed E-state index contributed by atoms with van der Waals surface area (Å²) in [6, 6.07) is 4.30. The molecule has 1 unspecified atom stereocenters. The average molecular weight is 551 g/mol. The van der Waals surface area contributed by atoms with Crippen molar-refractivity contribution < 1.29 is 24.0 Å². The Kier molecular flexibility index (Phi) is 6.57. The minimum Gasteiger partial charge on any atom is -0.371 e. The second kappa shape index (κ2) is 10.1. The van der Waals surface area contributed by atoms with Gasteiger partial charge in [-0.05, 0) is 56.7 Å². The molecule has 12 heteroatoms. The molecular weight excluding hydrogens is 520 g/mol. The van der Waals surface area contributed by atoms with Crippen molar-refractivity contribution in [3.8, 4) is 0 Å². The second-order valence-corrected chi connectivity index (χ2v) is 11.4. The molecule has 204 valence electrons. The summed E-state index contributed by atoms with van der Waals surface area (Å²) in [6.07, 6.45) is 2.97. The predicted octanol–water partition coefficient (Wildman–Crippen LogP) is 2.40. The molecule has 0 saturated carbocycles. The summed E-state index contributed by atoms with van der Waals surface area (Å²) in [6.45, 7) is 5.65. The number of nitrogens with zero attached hydrogens (tertiary/aromatic N) is 5. The fourth-order valence-corrected chi connectivity index (χ4v) is 6.76. The van der Waals surface area contributed by atoms with Crippen molar-refractivity contribution in [2.75, 3.05) is 42.5 Å². The molecule has 6 amide bonds. The van der Waals surface area contributed by atoms with E-state index in [1.165, 1.54) is 11.3 Å². The van der Waals surface area contributed by atoms with Crippen LogP contribution in [0.2, 0.25) is 0 Å². The minimum absolute atomic E-state index is 0.0281. The van der Waals surface area contributed by atoms with Crippen LogP contribution in [0.15, 0.2) is 23.6 Å². The normalized spacial score (nSPS) is 22.6. The lowest BCUT2D eigenvalue weighted by molar-refractivity contribution is -0.136. The highest BCUT2D eigenvalue weighted by Crippen LogP contribution is 2.33. The molecule has 3 saturated heterocycles. The number of amides is 6. The number of hydrogen-bond donors (Lipinski definition) is 1. The van der Waals surface area contributed by atoms with Gasteiger partial charge in [-0.25, -0.2) is 9.78 Å². The number of thiazole rings is 1. The summed E-state index contributed by atoms with van der Waals surface area (Å²) in [5.41, 5.74) is 2.36. The van der Waals surface area contributed by atoms with Crippen LogP contribution in [-0.4, -0.2) is 83.2 Å². The van der Waals surface area contributed by atoms with Gasteiger partial charge in [-0.2, -0.15) is 0 Å². The Balaban J connectivity index is 1.08. The summed E-state index contributed by atoms with van der Waals surface area (Å²) in [7, 11) is 0. The van der Waals surface area contributed by atoms with E-state index in [9.17, 15) is 24.0 Å². The molecule has 39 heavy (non-hydrogen) atoms. The Hall–Kier alpha value is -3.80. The maximum atomic E-state index is 13.2. The number of aryl methyl sites for hydroxylation is 1. The minimum atomic E-state index is -0.970. The highest BCUT2D eigenvalue weighted by Gasteiger charge is 2.45. The largest absolute Gasteiger partial charge is 0.371 e. The van der Waals surface area contributed by atoms with Gasteiger partial charge < -0.3 is 9.80 Å². The van der Waals surface area contributed by atoms with Gasteiger partial charge in [-0.1, -0.05) is 0 Å². The topological polar surface area (TPSA) is 123 Å². The van der Waals surface area contributed by atoms with Crippen molar-refractivity contribution in [3.63, 3.8) is 0 Å². The van der Waals surface area contributed by atoms with E-state index in [4.69, 9.17) is 0 Å². The van der Waals surface area contributed by atoms with Crippen molar-refractivity contribution in [2.45, 2.75) is 45.1 Å². The number of fused-ring (bicyclic) bond motifs is 1. The zero-order valence-electron chi connectivity index (χ0n) is 21.7. The lowest BCUT2D eigenvalue weighted by Gasteiger charge is -2.39. The highest BCUT2D eigenvalue weighted by molar-refractivity contribution is 7.14. The standard InChI is InChI=1S/C27H30N6O5S/c1-16-15-39-26(28-16)32-10-2-9-31(27(32)38)14-17-7-11-30(12-8-17)18-3-4-19-20(13-18)25(37)33(24(19)36)21-5-6-22(34)29-23(21)35/h3-4,13,15,17,21H,2,5-12,14H2,1H3,(H,29,34,35). The zero-order valence-corrected chi connectivity index (χ0v) is 22.5. The first-order chi connectivity index (χ1) is 18.8. The number of hydrogen-bond acceptors (Lipinski definition) is 8. The van der Waals surface area contributed by atoms with Crippen LogP contribution in [0.3, 0.4) is 0 Å². The number of urea groups is 1. The van der Waals surface area contributed by atoms with E-state index >= 15 is 0 Å². The fraction of sp³-hybridized carbons (Fsp3) is 0.481. The van der Waals surface area contributed by atoms with Gasteiger partial charge >= 0.3 is 6.03 Å². The number of imide groups is 2. The van der Waals surface area contributed by atoms with Crippen LogP contribution in [0.5, 0.6) is 0 Å². The van der Waals surface area contributed by atoms with E-state index in [2.05, 4.69) is 15.2 Å². The van der Waals surface area contributed by atoms with Crippen LogP contribution in [0.4, 0.5) is 15.6 Å². The van der Waals surface area contributed by atoms with E-state index in [1.807, 2.05) is 23.3 Å². The van der Waals surface area contributed by atoms with Gasteiger partial charge in [0.2, 0.25) is 11.8 Å². The number of carbonyl (C=O) groups is 5. The molecule has 5 heterocycles. The summed E-state index contributed by atoms with van der Waals surface area (Å²) >= 11 is 1.50. The molecule has 4 aliphatic rings. The van der Waals surface area contributed by atoms with Crippen molar-refractivity contribution in [2.24, 2.45) is 5.92 Å². The maximum Gasteiger partial charge on any atom is 0.326 e. The Morgan fingerprint density at radius 3 is 2.46 bits per heavy atom. The first-order valence-corrected chi connectivity index (χ1v) is 14.3. The van der Waals surface area contributed by atoms with Gasteiger partial charge in [0.05, 0.1) is 16.8 Å². The van der Waals surface area contributed by atoms with Gasteiger partial charge in [-0.3, -0.25) is 34.3 Å². The molecule has 1 aromatic heterocycles. The molecular formula is C27H30N6O5S. The van der Waals surface area contributed by atoms with E-state index < -0.39 is 29.7 Å².